The Bertz CT molecular complexity index is 452. The van der Waals surface area contributed by atoms with Crippen LogP contribution in [0.4, 0.5) is 4.39 Å². The first kappa shape index (κ1) is 11.3. The Morgan fingerprint density at radius 2 is 2.19 bits per heavy atom. The van der Waals surface area contributed by atoms with Gasteiger partial charge in [-0.2, -0.15) is 0 Å². The Morgan fingerprint density at radius 1 is 1.50 bits per heavy atom. The number of halogens is 1. The number of rotatable bonds is 2. The molecule has 1 aliphatic rings. The fourth-order valence-corrected chi connectivity index (χ4v) is 3.06. The first-order valence-corrected chi connectivity index (χ1v) is 5.83. The standard InChI is InChI=1S/C10H8FNO2S2/c11-6-4-2-1-3-5(6)8-7(9(13)14)12-10(15)16-8/h1-4,7-8H,(H,12,15)(H,13,14). The smallest absolute Gasteiger partial charge is 0.327 e. The molecule has 2 rings (SSSR count). The van der Waals surface area contributed by atoms with E-state index in [0.717, 1.165) is 0 Å². The molecule has 16 heavy (non-hydrogen) atoms. The highest BCUT2D eigenvalue weighted by molar-refractivity contribution is 8.23. The number of thiocarbonyl (C=S) groups is 1. The molecule has 84 valence electrons. The van der Waals surface area contributed by atoms with Crippen LogP contribution in [0.3, 0.4) is 0 Å². The molecule has 1 aliphatic heterocycles. The molecule has 1 aromatic carbocycles. The highest BCUT2D eigenvalue weighted by atomic mass is 32.2. The Hall–Kier alpha value is -1.14. The second kappa shape index (κ2) is 4.39. The maximum absolute atomic E-state index is 13.5. The number of nitrogens with one attached hydrogen (secondary N) is 1. The number of thioether (sulfide) groups is 1. The average Bonchev–Trinajstić information content (AvgIpc) is 2.61. The van der Waals surface area contributed by atoms with Gasteiger partial charge in [-0.05, 0) is 6.07 Å². The van der Waals surface area contributed by atoms with Crippen molar-refractivity contribution in [2.45, 2.75) is 11.3 Å². The van der Waals surface area contributed by atoms with Gasteiger partial charge in [-0.25, -0.2) is 9.18 Å². The molecule has 1 saturated heterocycles. The molecule has 0 saturated carbocycles. The maximum Gasteiger partial charge on any atom is 0.327 e. The van der Waals surface area contributed by atoms with Crippen LogP contribution in [-0.2, 0) is 4.79 Å². The first-order valence-electron chi connectivity index (χ1n) is 4.54. The molecule has 1 fully saturated rings. The number of carboxylic acid groups (broad SMARTS) is 1. The minimum atomic E-state index is -1.03. The molecule has 1 heterocycles. The zero-order chi connectivity index (χ0) is 11.7. The lowest BCUT2D eigenvalue weighted by molar-refractivity contribution is -0.138. The van der Waals surface area contributed by atoms with Crippen molar-refractivity contribution >= 4 is 34.3 Å². The molecule has 0 radical (unpaired) electrons. The van der Waals surface area contributed by atoms with E-state index in [-0.39, 0.29) is 0 Å². The molecule has 3 nitrogen and oxygen atoms in total. The fourth-order valence-electron chi connectivity index (χ4n) is 1.56. The zero-order valence-corrected chi connectivity index (χ0v) is 9.65. The predicted molar refractivity (Wildman–Crippen MR) is 63.9 cm³/mol. The average molecular weight is 257 g/mol. The van der Waals surface area contributed by atoms with Crippen molar-refractivity contribution in [1.29, 1.82) is 0 Å². The molecule has 0 aliphatic carbocycles. The number of carboxylic acids is 1. The van der Waals surface area contributed by atoms with Gasteiger partial charge in [0.15, 0.2) is 0 Å². The molecule has 2 atom stereocenters. The van der Waals surface area contributed by atoms with Crippen LogP contribution in [0.2, 0.25) is 0 Å². The molecule has 0 spiro atoms. The molecular weight excluding hydrogens is 249 g/mol. The van der Waals surface area contributed by atoms with E-state index in [1.165, 1.54) is 17.8 Å². The number of aliphatic carboxylic acids is 1. The van der Waals surface area contributed by atoms with Gasteiger partial charge in [0.1, 0.15) is 16.2 Å². The van der Waals surface area contributed by atoms with Crippen LogP contribution in [0.25, 0.3) is 0 Å². The van der Waals surface area contributed by atoms with Gasteiger partial charge in [-0.1, -0.05) is 42.2 Å². The second-order valence-electron chi connectivity index (χ2n) is 3.31. The summed E-state index contributed by atoms with van der Waals surface area (Å²) < 4.78 is 13.9. The van der Waals surface area contributed by atoms with Crippen molar-refractivity contribution in [3.8, 4) is 0 Å². The summed E-state index contributed by atoms with van der Waals surface area (Å²) in [5.41, 5.74) is 0.368. The van der Waals surface area contributed by atoms with Gasteiger partial charge in [0.25, 0.3) is 0 Å². The van der Waals surface area contributed by atoms with Crippen LogP contribution in [0, 0.1) is 5.82 Å². The molecule has 6 heteroatoms. The first-order chi connectivity index (χ1) is 7.59. The van der Waals surface area contributed by atoms with E-state index in [0.29, 0.717) is 9.88 Å². The van der Waals surface area contributed by atoms with Crippen LogP contribution in [0.5, 0.6) is 0 Å². The highest BCUT2D eigenvalue weighted by Crippen LogP contribution is 2.39. The largest absolute Gasteiger partial charge is 0.480 e. The molecule has 2 unspecified atom stereocenters. The van der Waals surface area contributed by atoms with Gasteiger partial charge in [-0.3, -0.25) is 0 Å². The zero-order valence-electron chi connectivity index (χ0n) is 8.01. The topological polar surface area (TPSA) is 49.3 Å². The van der Waals surface area contributed by atoms with Crippen molar-refractivity contribution < 1.29 is 14.3 Å². The van der Waals surface area contributed by atoms with Crippen molar-refractivity contribution in [3.63, 3.8) is 0 Å². The molecule has 0 amide bonds. The van der Waals surface area contributed by atoms with Crippen molar-refractivity contribution in [3.05, 3.63) is 35.6 Å². The van der Waals surface area contributed by atoms with Crippen molar-refractivity contribution in [2.24, 2.45) is 0 Å². The number of carbonyl (C=O) groups is 1. The molecule has 2 N–H and O–H groups in total. The summed E-state index contributed by atoms with van der Waals surface area (Å²) in [6, 6.07) is 5.28. The minimum absolute atomic E-state index is 0.368. The summed E-state index contributed by atoms with van der Waals surface area (Å²) >= 11 is 6.07. The lowest BCUT2D eigenvalue weighted by Crippen LogP contribution is -2.35. The van der Waals surface area contributed by atoms with Crippen molar-refractivity contribution in [1.82, 2.24) is 5.32 Å². The van der Waals surface area contributed by atoms with Crippen LogP contribution in [0.1, 0.15) is 10.8 Å². The van der Waals surface area contributed by atoms with E-state index in [2.05, 4.69) is 5.32 Å². The summed E-state index contributed by atoms with van der Waals surface area (Å²) in [6.45, 7) is 0. The third-order valence-corrected chi connectivity index (χ3v) is 3.81. The Kier molecular flexibility index (Phi) is 3.11. The summed E-state index contributed by atoms with van der Waals surface area (Å²) in [7, 11) is 0. The SMILES string of the molecule is O=C(O)C1NC(=S)SC1c1ccccc1F. The number of hydrogen-bond donors (Lipinski definition) is 2. The summed E-state index contributed by atoms with van der Waals surface area (Å²) in [5.74, 6) is -1.43. The number of benzene rings is 1. The lowest BCUT2D eigenvalue weighted by atomic mass is 10.1. The summed E-state index contributed by atoms with van der Waals surface area (Å²) in [4.78, 5) is 11.0. The number of hydrogen-bond acceptors (Lipinski definition) is 3. The molecule has 1 aromatic rings. The molecule has 0 aromatic heterocycles. The van der Waals surface area contributed by atoms with Crippen LogP contribution >= 0.6 is 24.0 Å². The fraction of sp³-hybridized carbons (Fsp3) is 0.200. The van der Waals surface area contributed by atoms with E-state index >= 15 is 0 Å². The third-order valence-electron chi connectivity index (χ3n) is 2.29. The van der Waals surface area contributed by atoms with Crippen molar-refractivity contribution in [2.75, 3.05) is 0 Å². The Labute approximate surface area is 101 Å². The summed E-state index contributed by atoms with van der Waals surface area (Å²) in [6.07, 6.45) is 0. The quantitative estimate of drug-likeness (QED) is 0.793. The van der Waals surface area contributed by atoms with E-state index in [1.807, 2.05) is 0 Å². The van der Waals surface area contributed by atoms with E-state index in [1.54, 1.807) is 18.2 Å². The van der Waals surface area contributed by atoms with Crippen LogP contribution < -0.4 is 5.32 Å². The summed E-state index contributed by atoms with van der Waals surface area (Å²) in [5, 5.41) is 11.1. The molecule has 0 bridgehead atoms. The van der Waals surface area contributed by atoms with Gasteiger partial charge in [0.2, 0.25) is 0 Å². The Balaban J connectivity index is 2.36. The Morgan fingerprint density at radius 3 is 2.81 bits per heavy atom. The van der Waals surface area contributed by atoms with Gasteiger partial charge in [0, 0.05) is 5.56 Å². The van der Waals surface area contributed by atoms with Crippen LogP contribution in [-0.4, -0.2) is 21.4 Å². The van der Waals surface area contributed by atoms with Gasteiger partial charge >= 0.3 is 5.97 Å². The van der Waals surface area contributed by atoms with Gasteiger partial charge in [0.05, 0.1) is 5.25 Å². The third kappa shape index (κ3) is 2.03. The van der Waals surface area contributed by atoms with Crippen LogP contribution in [0.15, 0.2) is 24.3 Å². The molecular formula is C10H8FNO2S2. The van der Waals surface area contributed by atoms with E-state index < -0.39 is 23.1 Å². The van der Waals surface area contributed by atoms with Gasteiger partial charge < -0.3 is 10.4 Å². The second-order valence-corrected chi connectivity index (χ2v) is 5.13. The monoisotopic (exact) mass is 257 g/mol. The maximum atomic E-state index is 13.5. The van der Waals surface area contributed by atoms with E-state index in [4.69, 9.17) is 17.3 Å². The van der Waals surface area contributed by atoms with Gasteiger partial charge in [-0.15, -0.1) is 0 Å². The predicted octanol–water partition coefficient (Wildman–Crippen LogP) is 1.94. The lowest BCUT2D eigenvalue weighted by Gasteiger charge is -2.14. The normalized spacial score (nSPS) is 24.2. The van der Waals surface area contributed by atoms with E-state index in [9.17, 15) is 9.18 Å². The minimum Gasteiger partial charge on any atom is -0.480 e. The highest BCUT2D eigenvalue weighted by Gasteiger charge is 2.38.